The first-order valence-corrected chi connectivity index (χ1v) is 8.53. The van der Waals surface area contributed by atoms with E-state index in [0.717, 1.165) is 12.1 Å². The van der Waals surface area contributed by atoms with E-state index in [2.05, 4.69) is 10.2 Å². The van der Waals surface area contributed by atoms with Gasteiger partial charge in [0.25, 0.3) is 5.91 Å². The number of carbonyl (C=O) groups excluding carboxylic acids is 1. The van der Waals surface area contributed by atoms with Crippen molar-refractivity contribution in [1.29, 1.82) is 0 Å². The fourth-order valence-corrected chi connectivity index (χ4v) is 2.76. The molecule has 2 aromatic rings. The lowest BCUT2D eigenvalue weighted by molar-refractivity contribution is 0.0741. The number of amides is 1. The van der Waals surface area contributed by atoms with E-state index in [1.165, 1.54) is 6.07 Å². The Labute approximate surface area is 155 Å². The highest BCUT2D eigenvalue weighted by atomic mass is 19.1. The maximum atomic E-state index is 13.8. The fourth-order valence-electron chi connectivity index (χ4n) is 2.76. The Morgan fingerprint density at radius 1 is 1.07 bits per heavy atom. The van der Waals surface area contributed by atoms with Crippen molar-refractivity contribution in [2.75, 3.05) is 51.4 Å². The highest BCUT2D eigenvalue weighted by Crippen LogP contribution is 2.18. The van der Waals surface area contributed by atoms with E-state index in [9.17, 15) is 13.6 Å². The normalized spacial score (nSPS) is 14.3. The molecule has 0 radical (unpaired) electrons. The van der Waals surface area contributed by atoms with Crippen LogP contribution in [-0.2, 0) is 4.74 Å². The molecule has 2 heterocycles. The molecule has 1 aromatic heterocycles. The zero-order valence-electron chi connectivity index (χ0n) is 14.9. The minimum Gasteiger partial charge on any atom is -0.474 e. The minimum atomic E-state index is -0.850. The van der Waals surface area contributed by atoms with Crippen LogP contribution in [0.5, 0.6) is 5.88 Å². The number of halogens is 2. The van der Waals surface area contributed by atoms with E-state index in [4.69, 9.17) is 9.47 Å². The molecule has 0 aliphatic carbocycles. The van der Waals surface area contributed by atoms with Crippen LogP contribution in [0.2, 0.25) is 0 Å². The Morgan fingerprint density at radius 3 is 2.48 bits per heavy atom. The van der Waals surface area contributed by atoms with Gasteiger partial charge in [-0.15, -0.1) is 10.2 Å². The number of aromatic nitrogens is 2. The third kappa shape index (κ3) is 4.68. The van der Waals surface area contributed by atoms with Crippen molar-refractivity contribution in [1.82, 2.24) is 15.1 Å². The summed E-state index contributed by atoms with van der Waals surface area (Å²) in [5.41, 5.74) is -0.123. The predicted octanol–water partition coefficient (Wildman–Crippen LogP) is 1.74. The first-order valence-electron chi connectivity index (χ1n) is 8.53. The summed E-state index contributed by atoms with van der Waals surface area (Å²) < 4.78 is 37.1. The molecule has 27 heavy (non-hydrogen) atoms. The van der Waals surface area contributed by atoms with E-state index in [-0.39, 0.29) is 5.56 Å². The van der Waals surface area contributed by atoms with Gasteiger partial charge in [-0.05, 0) is 18.2 Å². The molecule has 9 heteroatoms. The zero-order chi connectivity index (χ0) is 19.2. The summed E-state index contributed by atoms with van der Waals surface area (Å²) in [6.45, 7) is 2.74. The Bertz CT molecular complexity index is 781. The maximum Gasteiger partial charge on any atom is 0.256 e. The molecule has 3 rings (SSSR count). The summed E-state index contributed by atoms with van der Waals surface area (Å²) in [5.74, 6) is -0.912. The second kappa shape index (κ2) is 8.72. The minimum absolute atomic E-state index is 0.123. The van der Waals surface area contributed by atoms with Gasteiger partial charge in [-0.1, -0.05) is 0 Å². The van der Waals surface area contributed by atoms with Crippen LogP contribution in [0.3, 0.4) is 0 Å². The smallest absolute Gasteiger partial charge is 0.256 e. The van der Waals surface area contributed by atoms with Gasteiger partial charge < -0.3 is 19.3 Å². The monoisotopic (exact) mass is 378 g/mol. The third-order valence-electron chi connectivity index (χ3n) is 4.22. The third-order valence-corrected chi connectivity index (χ3v) is 4.22. The largest absolute Gasteiger partial charge is 0.474 e. The molecule has 0 unspecified atom stereocenters. The maximum absolute atomic E-state index is 13.8. The first kappa shape index (κ1) is 19.0. The molecule has 0 N–H and O–H groups in total. The number of methoxy groups -OCH3 is 1. The summed E-state index contributed by atoms with van der Waals surface area (Å²) in [6, 6.07) is 6.50. The van der Waals surface area contributed by atoms with Gasteiger partial charge in [-0.25, -0.2) is 8.78 Å². The summed E-state index contributed by atoms with van der Waals surface area (Å²) in [7, 11) is 1.59. The summed E-state index contributed by atoms with van der Waals surface area (Å²) in [5, 5.41) is 8.15. The summed E-state index contributed by atoms with van der Waals surface area (Å²) >= 11 is 0. The SMILES string of the molecule is COCCOc1ccc(N2CCN(C(=O)c3ccc(F)cc3F)CC2)nn1. The van der Waals surface area contributed by atoms with Crippen molar-refractivity contribution in [3.8, 4) is 5.88 Å². The lowest BCUT2D eigenvalue weighted by Crippen LogP contribution is -2.49. The van der Waals surface area contributed by atoms with E-state index in [0.29, 0.717) is 51.1 Å². The van der Waals surface area contributed by atoms with Crippen molar-refractivity contribution in [3.05, 3.63) is 47.5 Å². The van der Waals surface area contributed by atoms with Crippen LogP contribution in [-0.4, -0.2) is 67.5 Å². The molecule has 0 spiro atoms. The van der Waals surface area contributed by atoms with Crippen molar-refractivity contribution in [2.24, 2.45) is 0 Å². The highest BCUT2D eigenvalue weighted by molar-refractivity contribution is 5.94. The van der Waals surface area contributed by atoms with Crippen molar-refractivity contribution < 1.29 is 23.0 Å². The van der Waals surface area contributed by atoms with E-state index >= 15 is 0 Å². The number of hydrogen-bond donors (Lipinski definition) is 0. The highest BCUT2D eigenvalue weighted by Gasteiger charge is 2.25. The van der Waals surface area contributed by atoms with Gasteiger partial charge in [-0.3, -0.25) is 4.79 Å². The van der Waals surface area contributed by atoms with Crippen LogP contribution in [0.1, 0.15) is 10.4 Å². The number of anilines is 1. The Balaban J connectivity index is 1.56. The molecule has 1 fully saturated rings. The summed E-state index contributed by atoms with van der Waals surface area (Å²) in [4.78, 5) is 16.0. The second-order valence-electron chi connectivity index (χ2n) is 5.97. The first-order chi connectivity index (χ1) is 13.1. The molecule has 0 bridgehead atoms. The van der Waals surface area contributed by atoms with Crippen molar-refractivity contribution in [2.45, 2.75) is 0 Å². The van der Waals surface area contributed by atoms with Gasteiger partial charge in [0.15, 0.2) is 5.82 Å². The molecule has 7 nitrogen and oxygen atoms in total. The van der Waals surface area contributed by atoms with E-state index in [1.54, 1.807) is 24.1 Å². The summed E-state index contributed by atoms with van der Waals surface area (Å²) in [6.07, 6.45) is 0. The molecular weight excluding hydrogens is 358 g/mol. The Kier molecular flexibility index (Phi) is 6.12. The van der Waals surface area contributed by atoms with Crippen LogP contribution >= 0.6 is 0 Å². The average Bonchev–Trinajstić information content (AvgIpc) is 2.68. The standard InChI is InChI=1S/C18H20F2N4O3/c1-26-10-11-27-17-5-4-16(21-22-17)23-6-8-24(9-7-23)18(25)14-3-2-13(19)12-15(14)20/h2-5,12H,6-11H2,1H3. The van der Waals surface area contributed by atoms with Crippen LogP contribution in [0.4, 0.5) is 14.6 Å². The molecule has 144 valence electrons. The number of carbonyl (C=O) groups is 1. The Morgan fingerprint density at radius 2 is 1.85 bits per heavy atom. The molecule has 0 atom stereocenters. The molecule has 0 saturated carbocycles. The molecule has 1 saturated heterocycles. The molecule has 1 aliphatic rings. The lowest BCUT2D eigenvalue weighted by Gasteiger charge is -2.35. The number of piperazine rings is 1. The van der Waals surface area contributed by atoms with Crippen LogP contribution in [0.25, 0.3) is 0 Å². The fraction of sp³-hybridized carbons (Fsp3) is 0.389. The van der Waals surface area contributed by atoms with Crippen LogP contribution in [0.15, 0.2) is 30.3 Å². The molecule has 1 amide bonds. The molecular formula is C18H20F2N4O3. The lowest BCUT2D eigenvalue weighted by atomic mass is 10.1. The zero-order valence-corrected chi connectivity index (χ0v) is 14.9. The molecule has 1 aliphatic heterocycles. The average molecular weight is 378 g/mol. The number of hydrogen-bond acceptors (Lipinski definition) is 6. The quantitative estimate of drug-likeness (QED) is 0.714. The van der Waals surface area contributed by atoms with Gasteiger partial charge in [0.1, 0.15) is 18.2 Å². The molecule has 1 aromatic carbocycles. The number of ether oxygens (including phenoxy) is 2. The van der Waals surface area contributed by atoms with Gasteiger partial charge in [0, 0.05) is 45.4 Å². The van der Waals surface area contributed by atoms with E-state index in [1.807, 2.05) is 4.90 Å². The number of benzene rings is 1. The Hall–Kier alpha value is -2.81. The van der Waals surface area contributed by atoms with Crippen LogP contribution in [0, 0.1) is 11.6 Å². The van der Waals surface area contributed by atoms with Crippen LogP contribution < -0.4 is 9.64 Å². The second-order valence-corrected chi connectivity index (χ2v) is 5.97. The number of rotatable bonds is 6. The van der Waals surface area contributed by atoms with Gasteiger partial charge in [-0.2, -0.15) is 0 Å². The number of nitrogens with zero attached hydrogens (tertiary/aromatic N) is 4. The van der Waals surface area contributed by atoms with E-state index < -0.39 is 17.5 Å². The van der Waals surface area contributed by atoms with Gasteiger partial charge in [0.2, 0.25) is 5.88 Å². The van der Waals surface area contributed by atoms with Crippen molar-refractivity contribution in [3.63, 3.8) is 0 Å². The van der Waals surface area contributed by atoms with Gasteiger partial charge >= 0.3 is 0 Å². The van der Waals surface area contributed by atoms with Gasteiger partial charge in [0.05, 0.1) is 12.2 Å². The predicted molar refractivity (Wildman–Crippen MR) is 93.9 cm³/mol. The topological polar surface area (TPSA) is 67.8 Å². The van der Waals surface area contributed by atoms with Crippen molar-refractivity contribution >= 4 is 11.7 Å².